The Morgan fingerprint density at radius 1 is 0.946 bits per heavy atom. The molecule has 1 aliphatic heterocycles. The number of amides is 2. The quantitative estimate of drug-likeness (QED) is 0.193. The highest BCUT2D eigenvalue weighted by molar-refractivity contribution is 5.93. The topological polar surface area (TPSA) is 62.3 Å². The summed E-state index contributed by atoms with van der Waals surface area (Å²) in [4.78, 5) is 31.1. The summed E-state index contributed by atoms with van der Waals surface area (Å²) in [7, 11) is 0. The number of unbranched alkanes of at least 4 members (excludes halogenated alkanes) is 1. The third kappa shape index (κ3) is 13.6. The largest absolute Gasteiger partial charge is 0.350 e. The van der Waals surface area contributed by atoms with Gasteiger partial charge in [-0.2, -0.15) is 0 Å². The van der Waals surface area contributed by atoms with E-state index in [2.05, 4.69) is 78.0 Å². The average Bonchev–Trinajstić information content (AvgIpc) is 2.94. The number of rotatable bonds is 16. The lowest BCUT2D eigenvalue weighted by atomic mass is 10.0. The van der Waals surface area contributed by atoms with Gasteiger partial charge in [0.1, 0.15) is 0 Å². The number of pyridine rings is 1. The van der Waals surface area contributed by atoms with Gasteiger partial charge >= 0.3 is 0 Å². The monoisotopic (exact) mass is 503 g/mol. The van der Waals surface area contributed by atoms with Gasteiger partial charge in [-0.3, -0.25) is 14.6 Å². The minimum absolute atomic E-state index is 0.0792. The van der Waals surface area contributed by atoms with Crippen molar-refractivity contribution in [1.29, 1.82) is 0 Å². The van der Waals surface area contributed by atoms with Crippen molar-refractivity contribution in [1.82, 2.24) is 15.2 Å². The molecule has 0 spiro atoms. The van der Waals surface area contributed by atoms with E-state index in [4.69, 9.17) is 0 Å². The Hall–Kier alpha value is -3.21. The Balaban J connectivity index is 1.56. The van der Waals surface area contributed by atoms with E-state index in [9.17, 15) is 9.59 Å². The summed E-state index contributed by atoms with van der Waals surface area (Å²) in [5.41, 5.74) is 0.549. The maximum atomic E-state index is 12.8. The molecule has 5 heteroatoms. The summed E-state index contributed by atoms with van der Waals surface area (Å²) in [5.74, 6) is 0.0668. The van der Waals surface area contributed by atoms with E-state index in [-0.39, 0.29) is 17.9 Å². The molecule has 1 aromatic heterocycles. The van der Waals surface area contributed by atoms with Gasteiger partial charge in [-0.05, 0) is 76.3 Å². The Morgan fingerprint density at radius 2 is 1.59 bits per heavy atom. The van der Waals surface area contributed by atoms with Crippen LogP contribution in [0.15, 0.2) is 85.3 Å². The third-order valence-corrected chi connectivity index (χ3v) is 6.29. The molecule has 0 aromatic carbocycles. The van der Waals surface area contributed by atoms with Crippen LogP contribution in [0.5, 0.6) is 0 Å². The van der Waals surface area contributed by atoms with E-state index in [1.807, 2.05) is 4.90 Å². The number of piperidine rings is 1. The molecule has 200 valence electrons. The molecule has 2 rings (SSSR count). The Bertz CT molecular complexity index is 915. The van der Waals surface area contributed by atoms with Crippen molar-refractivity contribution in [2.24, 2.45) is 0 Å². The maximum Gasteiger partial charge on any atom is 0.252 e. The van der Waals surface area contributed by atoms with E-state index in [1.54, 1.807) is 24.5 Å². The van der Waals surface area contributed by atoms with Crippen LogP contribution in [0.2, 0.25) is 0 Å². The van der Waals surface area contributed by atoms with Crippen molar-refractivity contribution in [3.8, 4) is 0 Å². The molecule has 5 nitrogen and oxygen atoms in total. The summed E-state index contributed by atoms with van der Waals surface area (Å²) >= 11 is 0. The summed E-state index contributed by atoms with van der Waals surface area (Å²) < 4.78 is 0. The van der Waals surface area contributed by atoms with Gasteiger partial charge in [0.15, 0.2) is 0 Å². The zero-order valence-corrected chi connectivity index (χ0v) is 22.6. The van der Waals surface area contributed by atoms with Gasteiger partial charge in [0.2, 0.25) is 5.91 Å². The number of nitrogens with one attached hydrogen (secondary N) is 1. The first kappa shape index (κ1) is 30.0. The van der Waals surface area contributed by atoms with Crippen LogP contribution < -0.4 is 5.32 Å². The van der Waals surface area contributed by atoms with E-state index in [1.165, 1.54) is 0 Å². The predicted octanol–water partition coefficient (Wildman–Crippen LogP) is 7.11. The van der Waals surface area contributed by atoms with Crippen LogP contribution in [0.3, 0.4) is 0 Å². The van der Waals surface area contributed by atoms with Gasteiger partial charge in [0, 0.05) is 37.9 Å². The van der Waals surface area contributed by atoms with Gasteiger partial charge in [-0.1, -0.05) is 67.7 Å². The highest BCUT2D eigenvalue weighted by atomic mass is 16.2. The lowest BCUT2D eigenvalue weighted by molar-refractivity contribution is -0.134. The lowest BCUT2D eigenvalue weighted by Gasteiger charge is -2.36. The lowest BCUT2D eigenvalue weighted by Crippen LogP contribution is -2.49. The van der Waals surface area contributed by atoms with Crippen molar-refractivity contribution in [3.63, 3.8) is 0 Å². The Morgan fingerprint density at radius 3 is 2.22 bits per heavy atom. The van der Waals surface area contributed by atoms with Crippen molar-refractivity contribution in [3.05, 3.63) is 90.9 Å². The highest BCUT2D eigenvalue weighted by Crippen LogP contribution is 2.18. The van der Waals surface area contributed by atoms with Crippen LogP contribution in [0.25, 0.3) is 0 Å². The van der Waals surface area contributed by atoms with Gasteiger partial charge in [-0.25, -0.2) is 0 Å². The van der Waals surface area contributed by atoms with E-state index >= 15 is 0 Å². The van der Waals surface area contributed by atoms with Crippen LogP contribution in [0.4, 0.5) is 0 Å². The molecule has 0 aliphatic carbocycles. The molecule has 1 aliphatic rings. The second-order valence-corrected chi connectivity index (χ2v) is 9.29. The molecular formula is C32H45N3O2. The van der Waals surface area contributed by atoms with Gasteiger partial charge in [-0.15, -0.1) is 0 Å². The fourth-order valence-corrected chi connectivity index (χ4v) is 4.23. The molecule has 0 saturated carbocycles. The third-order valence-electron chi connectivity index (χ3n) is 6.29. The second kappa shape index (κ2) is 19.9. The molecule has 1 atom stereocenters. The smallest absolute Gasteiger partial charge is 0.252 e. The van der Waals surface area contributed by atoms with E-state index in [0.717, 1.165) is 70.8 Å². The number of nitrogens with zero attached hydrogens (tertiary/aromatic N) is 2. The minimum atomic E-state index is -0.135. The normalized spacial score (nSPS) is 16.7. The van der Waals surface area contributed by atoms with Crippen LogP contribution in [0, 0.1) is 0 Å². The van der Waals surface area contributed by atoms with Crippen molar-refractivity contribution in [2.45, 2.75) is 83.6 Å². The van der Waals surface area contributed by atoms with Crippen molar-refractivity contribution >= 4 is 11.8 Å². The van der Waals surface area contributed by atoms with Crippen molar-refractivity contribution in [2.75, 3.05) is 13.1 Å². The molecule has 2 amide bonds. The first-order chi connectivity index (χ1) is 18.2. The molecular weight excluding hydrogens is 458 g/mol. The fraction of sp³-hybridized carbons (Fsp3) is 0.469. The highest BCUT2D eigenvalue weighted by Gasteiger charge is 2.26. The molecule has 1 saturated heterocycles. The molecule has 1 aromatic rings. The number of hydrogen-bond donors (Lipinski definition) is 1. The van der Waals surface area contributed by atoms with E-state index < -0.39 is 0 Å². The van der Waals surface area contributed by atoms with Crippen LogP contribution in [-0.4, -0.2) is 40.8 Å². The first-order valence-electron chi connectivity index (χ1n) is 13.9. The molecule has 0 bridgehead atoms. The molecule has 1 N–H and O–H groups in total. The number of carbonyl (C=O) groups is 2. The summed E-state index contributed by atoms with van der Waals surface area (Å²) in [6.07, 6.45) is 35.6. The number of aromatic nitrogens is 1. The number of allylic oxidation sites excluding steroid dienone is 10. The SMILES string of the molecule is CCC=CCC=CCC=CCC=CCC=CCCCC(=O)N1CCCCC1CNC(=O)c1cccnc1. The summed E-state index contributed by atoms with van der Waals surface area (Å²) in [5, 5.41) is 2.98. The maximum absolute atomic E-state index is 12.8. The fourth-order valence-electron chi connectivity index (χ4n) is 4.23. The first-order valence-corrected chi connectivity index (χ1v) is 13.9. The molecule has 2 heterocycles. The molecule has 1 fully saturated rings. The minimum Gasteiger partial charge on any atom is -0.350 e. The zero-order chi connectivity index (χ0) is 26.4. The number of likely N-dealkylation sites (tertiary alicyclic amines) is 1. The number of carbonyl (C=O) groups excluding carboxylic acids is 2. The second-order valence-electron chi connectivity index (χ2n) is 9.29. The molecule has 1 unspecified atom stereocenters. The standard InChI is InChI=1S/C32H45N3O2/c1-2-3-4-5-6-7-8-9-10-11-12-13-14-15-16-17-18-24-31(36)35-26-20-19-23-30(35)28-34-32(37)29-22-21-25-33-27-29/h3-4,6-7,9-10,12-13,15-16,21-22,25,27,30H,2,5,8,11,14,17-20,23-24,26,28H2,1H3,(H,34,37). The molecule has 0 radical (unpaired) electrons. The molecule has 37 heavy (non-hydrogen) atoms. The van der Waals surface area contributed by atoms with Crippen LogP contribution in [0.1, 0.15) is 87.9 Å². The van der Waals surface area contributed by atoms with Crippen molar-refractivity contribution < 1.29 is 9.59 Å². The summed E-state index contributed by atoms with van der Waals surface area (Å²) in [6, 6.07) is 3.58. The van der Waals surface area contributed by atoms with E-state index in [0.29, 0.717) is 18.5 Å². The summed E-state index contributed by atoms with van der Waals surface area (Å²) in [6.45, 7) is 3.43. The van der Waals surface area contributed by atoms with Gasteiger partial charge in [0.05, 0.1) is 5.56 Å². The Labute approximate surface area is 224 Å². The van der Waals surface area contributed by atoms with Gasteiger partial charge in [0.25, 0.3) is 5.91 Å². The van der Waals surface area contributed by atoms with Crippen LogP contribution in [-0.2, 0) is 4.79 Å². The average molecular weight is 504 g/mol. The predicted molar refractivity (Wildman–Crippen MR) is 154 cm³/mol. The Kier molecular flexibility index (Phi) is 16.2. The number of hydrogen-bond acceptors (Lipinski definition) is 3. The van der Waals surface area contributed by atoms with Gasteiger partial charge < -0.3 is 10.2 Å². The van der Waals surface area contributed by atoms with Crippen LogP contribution >= 0.6 is 0 Å². The zero-order valence-electron chi connectivity index (χ0n) is 22.6.